The molecule has 0 aromatic carbocycles. The first kappa shape index (κ1) is 12.6. The van der Waals surface area contributed by atoms with E-state index in [4.69, 9.17) is 9.52 Å². The molecular formula is C11H13NO3S2. The van der Waals surface area contributed by atoms with Crippen LogP contribution in [0.4, 0.5) is 0 Å². The normalized spacial score (nSPS) is 12.8. The van der Waals surface area contributed by atoms with E-state index in [9.17, 15) is 5.11 Å². The van der Waals surface area contributed by atoms with Gasteiger partial charge in [-0.15, -0.1) is 11.3 Å². The Hall–Kier alpha value is -0.820. The molecule has 92 valence electrons. The molecule has 0 radical (unpaired) electrons. The van der Waals surface area contributed by atoms with E-state index in [0.717, 1.165) is 10.6 Å². The number of aliphatic hydroxyl groups excluding tert-OH is 2. The van der Waals surface area contributed by atoms with Crippen molar-refractivity contribution in [3.05, 3.63) is 29.5 Å². The lowest BCUT2D eigenvalue weighted by molar-refractivity contribution is 0.113. The maximum Gasteiger partial charge on any atom is 0.236 e. The quantitative estimate of drug-likeness (QED) is 0.841. The zero-order chi connectivity index (χ0) is 12.1. The van der Waals surface area contributed by atoms with Crippen LogP contribution in [0, 0.1) is 0 Å². The lowest BCUT2D eigenvalue weighted by atomic mass is 10.4. The van der Waals surface area contributed by atoms with Crippen LogP contribution in [0.5, 0.6) is 0 Å². The van der Waals surface area contributed by atoms with Gasteiger partial charge in [0.25, 0.3) is 0 Å². The second kappa shape index (κ2) is 6.20. The van der Waals surface area contributed by atoms with E-state index in [1.165, 1.54) is 11.8 Å². The first-order valence-electron chi connectivity index (χ1n) is 5.14. The molecule has 6 heteroatoms. The van der Waals surface area contributed by atoms with Gasteiger partial charge in [0, 0.05) is 11.5 Å². The Bertz CT molecular complexity index is 441. The number of nitrogens with zero attached hydrogens (tertiary/aromatic N) is 1. The minimum Gasteiger partial charge on any atom is -0.444 e. The maximum atomic E-state index is 9.18. The van der Waals surface area contributed by atoms with E-state index in [1.54, 1.807) is 17.6 Å². The molecule has 0 saturated carbocycles. The largest absolute Gasteiger partial charge is 0.444 e. The lowest BCUT2D eigenvalue weighted by Crippen LogP contribution is -2.14. The highest BCUT2D eigenvalue weighted by Crippen LogP contribution is 2.24. The summed E-state index contributed by atoms with van der Waals surface area (Å²) in [7, 11) is 0. The Labute approximate surface area is 107 Å². The van der Waals surface area contributed by atoms with Crippen molar-refractivity contribution in [2.45, 2.75) is 11.9 Å². The average molecular weight is 271 g/mol. The second-order valence-electron chi connectivity index (χ2n) is 3.47. The number of aromatic nitrogens is 1. The van der Waals surface area contributed by atoms with Crippen LogP contribution in [0.3, 0.4) is 0 Å². The van der Waals surface area contributed by atoms with E-state index in [1.807, 2.05) is 17.5 Å². The molecule has 2 aromatic heterocycles. The van der Waals surface area contributed by atoms with Crippen molar-refractivity contribution >= 4 is 23.1 Å². The summed E-state index contributed by atoms with van der Waals surface area (Å²) in [5, 5.41) is 19.8. The van der Waals surface area contributed by atoms with E-state index < -0.39 is 6.10 Å². The standard InChI is InChI=1S/C11H13NO3S2/c13-4-9(14)7-16-6-8-5-15-11(12-8)10-2-1-3-17-10/h1-3,5,9,13-14H,4,6-7H2/t9-/m0/s1. The average Bonchev–Trinajstić information content (AvgIpc) is 2.98. The summed E-state index contributed by atoms with van der Waals surface area (Å²) in [6.07, 6.45) is 0.969. The molecular weight excluding hydrogens is 258 g/mol. The summed E-state index contributed by atoms with van der Waals surface area (Å²) >= 11 is 3.11. The molecule has 2 rings (SSSR count). The van der Waals surface area contributed by atoms with E-state index >= 15 is 0 Å². The summed E-state index contributed by atoms with van der Waals surface area (Å²) in [6, 6.07) is 3.92. The van der Waals surface area contributed by atoms with Gasteiger partial charge < -0.3 is 14.6 Å². The first-order valence-corrected chi connectivity index (χ1v) is 7.18. The molecule has 2 aromatic rings. The van der Waals surface area contributed by atoms with Crippen LogP contribution in [0.1, 0.15) is 5.69 Å². The number of thiophene rings is 1. The molecule has 2 N–H and O–H groups in total. The third-order valence-corrected chi connectivity index (χ3v) is 4.03. The molecule has 2 heterocycles. The Kier molecular flexibility index (Phi) is 4.61. The number of hydrogen-bond donors (Lipinski definition) is 2. The SMILES string of the molecule is OC[C@H](O)CSCc1coc(-c2cccs2)n1. The van der Waals surface area contributed by atoms with E-state index in [-0.39, 0.29) is 6.61 Å². The van der Waals surface area contributed by atoms with E-state index in [2.05, 4.69) is 4.98 Å². The van der Waals surface area contributed by atoms with Crippen LogP contribution >= 0.6 is 23.1 Å². The van der Waals surface area contributed by atoms with Gasteiger partial charge in [-0.2, -0.15) is 11.8 Å². The van der Waals surface area contributed by atoms with Crippen molar-refractivity contribution in [2.75, 3.05) is 12.4 Å². The molecule has 17 heavy (non-hydrogen) atoms. The molecule has 0 aliphatic heterocycles. The molecule has 0 aliphatic carbocycles. The third-order valence-electron chi connectivity index (χ3n) is 2.05. The van der Waals surface area contributed by atoms with Gasteiger partial charge in [-0.25, -0.2) is 4.98 Å². The lowest BCUT2D eigenvalue weighted by Gasteiger charge is -2.04. The Morgan fingerprint density at radius 2 is 2.41 bits per heavy atom. The predicted octanol–water partition coefficient (Wildman–Crippen LogP) is 1.99. The minimum atomic E-state index is -0.663. The number of aliphatic hydroxyl groups is 2. The highest BCUT2D eigenvalue weighted by Gasteiger charge is 2.08. The molecule has 0 fully saturated rings. The maximum absolute atomic E-state index is 9.18. The fourth-order valence-corrected chi connectivity index (χ4v) is 2.73. The summed E-state index contributed by atoms with van der Waals surface area (Å²) in [5.41, 5.74) is 0.850. The van der Waals surface area contributed by atoms with Crippen LogP contribution in [0.2, 0.25) is 0 Å². The number of hydrogen-bond acceptors (Lipinski definition) is 6. The van der Waals surface area contributed by atoms with Crippen molar-refractivity contribution in [3.63, 3.8) is 0 Å². The van der Waals surface area contributed by atoms with Gasteiger partial charge in [0.15, 0.2) is 0 Å². The summed E-state index contributed by atoms with van der Waals surface area (Å²) in [5.74, 6) is 1.81. The zero-order valence-electron chi connectivity index (χ0n) is 9.07. The number of rotatable bonds is 6. The van der Waals surface area contributed by atoms with Gasteiger partial charge in [-0.1, -0.05) is 6.07 Å². The Morgan fingerprint density at radius 3 is 3.12 bits per heavy atom. The Balaban J connectivity index is 1.87. The third kappa shape index (κ3) is 3.57. The fourth-order valence-electron chi connectivity index (χ4n) is 1.24. The van der Waals surface area contributed by atoms with Gasteiger partial charge in [0.1, 0.15) is 6.26 Å². The van der Waals surface area contributed by atoms with Gasteiger partial charge in [-0.05, 0) is 11.4 Å². The number of oxazole rings is 1. The number of thioether (sulfide) groups is 1. The van der Waals surface area contributed by atoms with Crippen LogP contribution in [0.25, 0.3) is 10.8 Å². The van der Waals surface area contributed by atoms with Crippen molar-refractivity contribution in [1.82, 2.24) is 4.98 Å². The smallest absolute Gasteiger partial charge is 0.236 e. The van der Waals surface area contributed by atoms with Crippen LogP contribution in [0.15, 0.2) is 28.2 Å². The molecule has 1 atom stereocenters. The van der Waals surface area contributed by atoms with Gasteiger partial charge >= 0.3 is 0 Å². The first-order chi connectivity index (χ1) is 8.29. The minimum absolute atomic E-state index is 0.202. The molecule has 0 bridgehead atoms. The summed E-state index contributed by atoms with van der Waals surface area (Å²) < 4.78 is 5.37. The van der Waals surface area contributed by atoms with Gasteiger partial charge in [-0.3, -0.25) is 0 Å². The summed E-state index contributed by atoms with van der Waals surface area (Å²) in [4.78, 5) is 5.36. The van der Waals surface area contributed by atoms with Gasteiger partial charge in [0.05, 0.1) is 23.3 Å². The predicted molar refractivity (Wildman–Crippen MR) is 69.1 cm³/mol. The van der Waals surface area contributed by atoms with Crippen LogP contribution in [-0.2, 0) is 5.75 Å². The van der Waals surface area contributed by atoms with Gasteiger partial charge in [0.2, 0.25) is 5.89 Å². The highest BCUT2D eigenvalue weighted by atomic mass is 32.2. The molecule has 0 amide bonds. The molecule has 4 nitrogen and oxygen atoms in total. The van der Waals surface area contributed by atoms with Crippen molar-refractivity contribution in [3.8, 4) is 10.8 Å². The Morgan fingerprint density at radius 1 is 1.53 bits per heavy atom. The molecule has 0 spiro atoms. The van der Waals surface area contributed by atoms with Crippen molar-refractivity contribution in [1.29, 1.82) is 0 Å². The summed E-state index contributed by atoms with van der Waals surface area (Å²) in [6.45, 7) is -0.202. The van der Waals surface area contributed by atoms with Crippen molar-refractivity contribution < 1.29 is 14.6 Å². The van der Waals surface area contributed by atoms with E-state index in [0.29, 0.717) is 17.4 Å². The highest BCUT2D eigenvalue weighted by molar-refractivity contribution is 7.98. The monoisotopic (exact) mass is 271 g/mol. The van der Waals surface area contributed by atoms with Crippen LogP contribution < -0.4 is 0 Å². The molecule has 0 saturated heterocycles. The topological polar surface area (TPSA) is 66.5 Å². The van der Waals surface area contributed by atoms with Crippen LogP contribution in [-0.4, -0.2) is 33.7 Å². The molecule has 0 unspecified atom stereocenters. The fraction of sp³-hybridized carbons (Fsp3) is 0.364. The zero-order valence-corrected chi connectivity index (χ0v) is 10.7. The van der Waals surface area contributed by atoms with Crippen molar-refractivity contribution in [2.24, 2.45) is 0 Å². The molecule has 0 aliphatic rings. The second-order valence-corrected chi connectivity index (χ2v) is 5.45.